The minimum atomic E-state index is -1.43. The van der Waals surface area contributed by atoms with Crippen LogP contribution in [-0.2, 0) is 9.53 Å². The Morgan fingerprint density at radius 1 is 0.918 bits per heavy atom. The van der Waals surface area contributed by atoms with Gasteiger partial charge in [0.25, 0.3) is 0 Å². The normalized spacial score (nSPS) is 12.9. The number of carbonyl (C=O) groups is 2. The predicted molar refractivity (Wildman–Crippen MR) is 200 cm³/mol. The summed E-state index contributed by atoms with van der Waals surface area (Å²) in [7, 11) is 1.70. The number of methoxy groups -OCH3 is 1. The molecule has 0 spiro atoms. The molecule has 10 nitrogen and oxygen atoms in total. The highest BCUT2D eigenvalue weighted by molar-refractivity contribution is 8.38. The first-order chi connectivity index (χ1) is 23.0. The maximum Gasteiger partial charge on any atom is 0.410 e. The number of hydrogen-bond acceptors (Lipinski definition) is 7. The number of carbonyl (C=O) groups excluding carboxylic acids is 2. The van der Waals surface area contributed by atoms with E-state index in [1.807, 2.05) is 47.0 Å². The monoisotopic (exact) mass is 686 g/mol. The Kier molecular flexibility index (Phi) is 11.3. The van der Waals surface area contributed by atoms with Crippen molar-refractivity contribution in [2.45, 2.75) is 96.6 Å². The van der Waals surface area contributed by atoms with Gasteiger partial charge in [0.1, 0.15) is 34.5 Å². The summed E-state index contributed by atoms with van der Waals surface area (Å²) in [4.78, 5) is 41.8. The third-order valence-corrected chi connectivity index (χ3v) is 13.6. The van der Waals surface area contributed by atoms with E-state index in [0.29, 0.717) is 38.8 Å². The van der Waals surface area contributed by atoms with Crippen molar-refractivity contribution >= 4 is 33.5 Å². The number of fused-ring (bicyclic) bond motifs is 1. The maximum absolute atomic E-state index is 13.5. The molecule has 1 N–H and O–H groups in total. The van der Waals surface area contributed by atoms with Gasteiger partial charge < -0.3 is 14.8 Å². The molecule has 49 heavy (non-hydrogen) atoms. The lowest BCUT2D eigenvalue weighted by Gasteiger charge is -2.46. The quantitative estimate of drug-likeness (QED) is 0.178. The van der Waals surface area contributed by atoms with E-state index in [-0.39, 0.29) is 0 Å². The molecule has 4 rings (SSSR count). The van der Waals surface area contributed by atoms with Gasteiger partial charge in [-0.05, 0) is 91.0 Å². The molecular weight excluding hydrogens is 637 g/mol. The molecule has 0 saturated heterocycles. The number of aromatic nitrogens is 4. The second-order valence-corrected chi connectivity index (χ2v) is 18.3. The number of imidazole rings is 1. The molecule has 2 amide bonds. The van der Waals surface area contributed by atoms with Crippen molar-refractivity contribution in [2.75, 3.05) is 19.5 Å². The Hall–Kier alpha value is -4.56. The first-order valence-electron chi connectivity index (χ1n) is 16.6. The topological polar surface area (TPSA) is 111 Å². The number of ether oxygens (including phenoxy) is 2. The third-order valence-electron chi connectivity index (χ3n) is 8.48. The highest BCUT2D eigenvalue weighted by Gasteiger charge is 2.33. The number of likely N-dealkylation sites (N-methyl/N-ethyl adjacent to an activating group) is 1. The van der Waals surface area contributed by atoms with Gasteiger partial charge in [0.2, 0.25) is 11.8 Å². The van der Waals surface area contributed by atoms with Crippen molar-refractivity contribution in [1.82, 2.24) is 24.3 Å². The first kappa shape index (κ1) is 37.3. The van der Waals surface area contributed by atoms with Crippen LogP contribution >= 0.6 is 10.0 Å². The van der Waals surface area contributed by atoms with E-state index < -0.39 is 33.7 Å². The summed E-state index contributed by atoms with van der Waals surface area (Å²) in [5.41, 5.74) is 3.45. The van der Waals surface area contributed by atoms with E-state index in [1.165, 1.54) is 11.9 Å². The van der Waals surface area contributed by atoms with E-state index in [1.54, 1.807) is 47.1 Å². The molecule has 0 fully saturated rings. The summed E-state index contributed by atoms with van der Waals surface area (Å²) in [5, 5.41) is 7.71. The molecule has 1 atom stereocenters. The van der Waals surface area contributed by atoms with Gasteiger partial charge in [0.15, 0.2) is 0 Å². The molecule has 1 unspecified atom stereocenters. The molecular formula is C38H50N6O4S. The Morgan fingerprint density at radius 2 is 1.59 bits per heavy atom. The number of nitrogens with zero attached hydrogens (tertiary/aromatic N) is 5. The Labute approximate surface area is 292 Å². The molecule has 262 valence electrons. The van der Waals surface area contributed by atoms with Crippen molar-refractivity contribution < 1.29 is 19.1 Å². The van der Waals surface area contributed by atoms with E-state index in [2.05, 4.69) is 63.0 Å². The first-order valence-corrected chi connectivity index (χ1v) is 18.4. The highest BCUT2D eigenvalue weighted by atomic mass is 32.3. The van der Waals surface area contributed by atoms with E-state index in [4.69, 9.17) is 19.4 Å². The summed E-state index contributed by atoms with van der Waals surface area (Å²) >= 11 is 0. The van der Waals surface area contributed by atoms with Crippen LogP contribution in [0.3, 0.4) is 0 Å². The number of anilines is 1. The number of rotatable bonds is 9. The van der Waals surface area contributed by atoms with Gasteiger partial charge in [-0.2, -0.15) is 10.0 Å². The third kappa shape index (κ3) is 7.86. The van der Waals surface area contributed by atoms with Crippen LogP contribution in [0.1, 0.15) is 74.9 Å². The molecule has 0 saturated carbocycles. The van der Waals surface area contributed by atoms with Crippen molar-refractivity contribution in [3.8, 4) is 39.6 Å². The molecule has 0 aliphatic heterocycles. The summed E-state index contributed by atoms with van der Waals surface area (Å²) in [6, 6.07) is 12.4. The molecule has 4 heterocycles. The van der Waals surface area contributed by atoms with Crippen LogP contribution in [0.15, 0.2) is 54.9 Å². The largest absolute Gasteiger partial charge is 0.481 e. The molecule has 0 radical (unpaired) electrons. The van der Waals surface area contributed by atoms with Gasteiger partial charge >= 0.3 is 6.09 Å². The van der Waals surface area contributed by atoms with E-state index in [0.717, 1.165) is 22.5 Å². The van der Waals surface area contributed by atoms with Crippen LogP contribution in [-0.4, -0.2) is 77.8 Å². The lowest BCUT2D eigenvalue weighted by Crippen LogP contribution is -2.45. The SMILES string of the molecule is COc1ncccc1-c1nc2ccccn2c1-c1ccc(NC(=O)C(C)N(C)C(=O)OC(C)(C)C)nc1C#CS(C(C)C)(C(C)C)C(C)C. The van der Waals surface area contributed by atoms with Gasteiger partial charge in [0, 0.05) is 25.0 Å². The zero-order valence-electron chi connectivity index (χ0n) is 30.8. The average Bonchev–Trinajstić information content (AvgIpc) is 3.42. The summed E-state index contributed by atoms with van der Waals surface area (Å²) in [6.45, 7) is 20.5. The minimum Gasteiger partial charge on any atom is -0.481 e. The fraction of sp³-hybridized carbons (Fsp3) is 0.447. The van der Waals surface area contributed by atoms with Crippen LogP contribution < -0.4 is 10.1 Å². The smallest absolute Gasteiger partial charge is 0.410 e. The predicted octanol–water partition coefficient (Wildman–Crippen LogP) is 8.00. The minimum absolute atomic E-state index is 0.316. The van der Waals surface area contributed by atoms with Crippen LogP contribution in [0.2, 0.25) is 0 Å². The highest BCUT2D eigenvalue weighted by Crippen LogP contribution is 2.59. The van der Waals surface area contributed by atoms with Gasteiger partial charge in [-0.3, -0.25) is 14.1 Å². The lowest BCUT2D eigenvalue weighted by molar-refractivity contribution is -0.120. The summed E-state index contributed by atoms with van der Waals surface area (Å²) in [6.07, 6.45) is 3.05. The van der Waals surface area contributed by atoms with Crippen LogP contribution in [0.25, 0.3) is 28.2 Å². The standard InChI is InChI=1S/C38H50N6O4S/c1-24(2)49(25(3)4,26(5)6)23-20-30-28(18-19-31(40-30)41-35(45)27(7)43(11)37(46)48-38(8,9)10)34-33(29-16-15-21-39-36(29)47-12)42-32-17-13-14-22-44(32)34/h13-19,21-22,24-27H,1-12H3,(H,40,41,45). The molecule has 0 bridgehead atoms. The zero-order chi connectivity index (χ0) is 36.3. The lowest BCUT2D eigenvalue weighted by atomic mass is 10.0. The number of nitrogens with one attached hydrogen (secondary N) is 1. The summed E-state index contributed by atoms with van der Waals surface area (Å²) in [5.74, 6) is 3.88. The van der Waals surface area contributed by atoms with Gasteiger partial charge in [-0.1, -0.05) is 47.6 Å². The van der Waals surface area contributed by atoms with Crippen LogP contribution in [0, 0.1) is 11.2 Å². The fourth-order valence-corrected chi connectivity index (χ4v) is 10.3. The Balaban J connectivity index is 1.92. The molecule has 4 aromatic heterocycles. The molecule has 0 aliphatic carbocycles. The molecule has 11 heteroatoms. The second-order valence-electron chi connectivity index (χ2n) is 13.8. The van der Waals surface area contributed by atoms with Crippen LogP contribution in [0.5, 0.6) is 5.88 Å². The van der Waals surface area contributed by atoms with Crippen molar-refractivity contribution in [3.63, 3.8) is 0 Å². The van der Waals surface area contributed by atoms with E-state index >= 15 is 0 Å². The molecule has 0 aliphatic rings. The number of amides is 2. The van der Waals surface area contributed by atoms with Crippen LogP contribution in [0.4, 0.5) is 10.6 Å². The number of hydrogen-bond donors (Lipinski definition) is 1. The Morgan fingerprint density at radius 3 is 2.20 bits per heavy atom. The zero-order valence-corrected chi connectivity index (χ0v) is 31.6. The Bertz CT molecular complexity index is 1860. The fourth-order valence-electron chi connectivity index (χ4n) is 6.01. The van der Waals surface area contributed by atoms with Gasteiger partial charge in [0.05, 0.1) is 18.4 Å². The number of pyridine rings is 3. The second kappa shape index (κ2) is 14.9. The van der Waals surface area contributed by atoms with Gasteiger partial charge in [-0.15, -0.1) is 0 Å². The van der Waals surface area contributed by atoms with Gasteiger partial charge in [-0.25, -0.2) is 19.7 Å². The molecule has 4 aromatic rings. The van der Waals surface area contributed by atoms with Crippen molar-refractivity contribution in [1.29, 1.82) is 0 Å². The molecule has 0 aromatic carbocycles. The summed E-state index contributed by atoms with van der Waals surface area (Å²) < 4.78 is 13.1. The maximum atomic E-state index is 13.5. The van der Waals surface area contributed by atoms with Crippen molar-refractivity contribution in [2.24, 2.45) is 0 Å². The van der Waals surface area contributed by atoms with E-state index in [9.17, 15) is 9.59 Å². The average molecular weight is 687 g/mol. The van der Waals surface area contributed by atoms with Crippen molar-refractivity contribution in [3.05, 3.63) is 60.6 Å².